The van der Waals surface area contributed by atoms with Crippen molar-refractivity contribution in [3.63, 3.8) is 0 Å². The molecular formula is C17H23FN2O4. The molecule has 3 rings (SSSR count). The average Bonchev–Trinajstić information content (AvgIpc) is 2.98. The zero-order valence-electron chi connectivity index (χ0n) is 13.6. The Morgan fingerprint density at radius 2 is 2.08 bits per heavy atom. The third-order valence-corrected chi connectivity index (χ3v) is 4.42. The summed E-state index contributed by atoms with van der Waals surface area (Å²) < 4.78 is 24.7. The third-order valence-electron chi connectivity index (χ3n) is 4.42. The molecule has 2 saturated heterocycles. The van der Waals surface area contributed by atoms with Gasteiger partial charge in [-0.1, -0.05) is 6.42 Å². The first-order chi connectivity index (χ1) is 11.7. The van der Waals surface area contributed by atoms with E-state index in [1.807, 2.05) is 0 Å². The van der Waals surface area contributed by atoms with Crippen LogP contribution in [0.2, 0.25) is 0 Å². The van der Waals surface area contributed by atoms with Crippen LogP contribution in [-0.4, -0.2) is 61.6 Å². The lowest BCUT2D eigenvalue weighted by Gasteiger charge is -2.26. The van der Waals surface area contributed by atoms with Crippen LogP contribution in [-0.2, 0) is 4.74 Å². The molecule has 7 heteroatoms. The summed E-state index contributed by atoms with van der Waals surface area (Å²) in [7, 11) is 0. The van der Waals surface area contributed by atoms with E-state index < -0.39 is 18.0 Å². The molecule has 0 bridgehead atoms. The first-order valence-electron chi connectivity index (χ1n) is 8.41. The van der Waals surface area contributed by atoms with Crippen LogP contribution >= 0.6 is 0 Å². The van der Waals surface area contributed by atoms with E-state index >= 15 is 0 Å². The van der Waals surface area contributed by atoms with Crippen molar-refractivity contribution in [1.29, 1.82) is 0 Å². The minimum absolute atomic E-state index is 0.182. The highest BCUT2D eigenvalue weighted by atomic mass is 19.1. The molecule has 6 nitrogen and oxygen atoms in total. The van der Waals surface area contributed by atoms with E-state index in [0.717, 1.165) is 19.6 Å². The molecule has 2 heterocycles. The topological polar surface area (TPSA) is 62.2 Å². The van der Waals surface area contributed by atoms with Crippen molar-refractivity contribution in [2.45, 2.75) is 25.4 Å². The van der Waals surface area contributed by atoms with Crippen LogP contribution in [0.4, 0.5) is 14.9 Å². The minimum Gasteiger partial charge on any atom is -0.489 e. The number of amides is 1. The van der Waals surface area contributed by atoms with E-state index in [1.54, 1.807) is 6.07 Å². The number of rotatable bonds is 6. The number of likely N-dealkylation sites (tertiary alicyclic amines) is 1. The number of halogens is 1. The highest BCUT2D eigenvalue weighted by Crippen LogP contribution is 2.27. The zero-order chi connectivity index (χ0) is 16.9. The molecule has 2 aliphatic rings. The number of cyclic esters (lactones) is 1. The van der Waals surface area contributed by atoms with Gasteiger partial charge in [-0.25, -0.2) is 9.18 Å². The highest BCUT2D eigenvalue weighted by molar-refractivity contribution is 5.89. The molecule has 2 aliphatic heterocycles. The Hall–Kier alpha value is -1.86. The van der Waals surface area contributed by atoms with E-state index in [-0.39, 0.29) is 18.9 Å². The van der Waals surface area contributed by atoms with E-state index in [4.69, 9.17) is 14.6 Å². The quantitative estimate of drug-likeness (QED) is 0.860. The molecular weight excluding hydrogens is 315 g/mol. The summed E-state index contributed by atoms with van der Waals surface area (Å²) in [4.78, 5) is 15.4. The van der Waals surface area contributed by atoms with E-state index in [0.29, 0.717) is 12.3 Å². The van der Waals surface area contributed by atoms with E-state index in [2.05, 4.69) is 4.90 Å². The molecule has 1 N–H and O–H groups in total. The molecule has 1 aromatic carbocycles. The highest BCUT2D eigenvalue weighted by Gasteiger charge is 2.32. The van der Waals surface area contributed by atoms with Gasteiger partial charge in [0.1, 0.15) is 12.7 Å². The van der Waals surface area contributed by atoms with Crippen LogP contribution in [0.25, 0.3) is 0 Å². The molecule has 0 spiro atoms. The van der Waals surface area contributed by atoms with Gasteiger partial charge in [-0.2, -0.15) is 0 Å². The largest absolute Gasteiger partial charge is 0.489 e. The molecule has 2 fully saturated rings. The summed E-state index contributed by atoms with van der Waals surface area (Å²) >= 11 is 0. The Labute approximate surface area is 140 Å². The monoisotopic (exact) mass is 338 g/mol. The lowest BCUT2D eigenvalue weighted by Crippen LogP contribution is -2.33. The maximum Gasteiger partial charge on any atom is 0.414 e. The fraction of sp³-hybridized carbons (Fsp3) is 0.588. The number of benzene rings is 1. The second kappa shape index (κ2) is 7.81. The Balaban J connectivity index is 1.55. The van der Waals surface area contributed by atoms with E-state index in [1.165, 1.54) is 36.3 Å². The zero-order valence-corrected chi connectivity index (χ0v) is 13.6. The molecule has 1 atom stereocenters. The Bertz CT molecular complexity index is 578. The summed E-state index contributed by atoms with van der Waals surface area (Å²) in [6.45, 7) is 3.35. The maximum atomic E-state index is 14.2. The van der Waals surface area contributed by atoms with E-state index in [9.17, 15) is 9.18 Å². The molecule has 0 aromatic heterocycles. The fourth-order valence-electron chi connectivity index (χ4n) is 3.07. The van der Waals surface area contributed by atoms with Crippen LogP contribution in [0.15, 0.2) is 18.2 Å². The van der Waals surface area contributed by atoms with Crippen molar-refractivity contribution in [1.82, 2.24) is 4.90 Å². The van der Waals surface area contributed by atoms with Crippen molar-refractivity contribution < 1.29 is 23.8 Å². The summed E-state index contributed by atoms with van der Waals surface area (Å²) in [6, 6.07) is 4.41. The van der Waals surface area contributed by atoms with Gasteiger partial charge in [-0.15, -0.1) is 0 Å². The number of nitrogens with zero attached hydrogens (tertiary/aromatic N) is 2. The Morgan fingerprint density at radius 1 is 1.29 bits per heavy atom. The number of aliphatic hydroxyl groups is 1. The molecule has 1 amide bonds. The molecule has 0 aliphatic carbocycles. The van der Waals surface area contributed by atoms with Crippen molar-refractivity contribution in [2.24, 2.45) is 0 Å². The smallest absolute Gasteiger partial charge is 0.414 e. The number of ether oxygens (including phenoxy) is 2. The number of piperidine rings is 1. The fourth-order valence-corrected chi connectivity index (χ4v) is 3.07. The van der Waals surface area contributed by atoms with Crippen LogP contribution in [0.1, 0.15) is 19.3 Å². The standard InChI is InChI=1S/C17H23FN2O4/c18-15-10-13(20-11-14(12-21)24-17(20)22)4-5-16(15)23-9-8-19-6-2-1-3-7-19/h4-5,10,14,21H,1-3,6-9,11-12H2/t14-/m1/s1. The molecule has 0 radical (unpaired) electrons. The molecule has 1 aromatic rings. The lowest BCUT2D eigenvalue weighted by atomic mass is 10.1. The molecule has 0 unspecified atom stereocenters. The van der Waals surface area contributed by atoms with Crippen molar-refractivity contribution in [3.05, 3.63) is 24.0 Å². The first kappa shape index (κ1) is 17.0. The molecule has 0 saturated carbocycles. The molecule has 132 valence electrons. The molecule has 24 heavy (non-hydrogen) atoms. The van der Waals surface area contributed by atoms with Crippen LogP contribution in [0.3, 0.4) is 0 Å². The number of anilines is 1. The Kier molecular flexibility index (Phi) is 5.52. The van der Waals surface area contributed by atoms with Gasteiger partial charge in [0.25, 0.3) is 0 Å². The number of hydrogen-bond donors (Lipinski definition) is 1. The van der Waals surface area contributed by atoms with Gasteiger partial charge in [-0.05, 0) is 38.1 Å². The van der Waals surface area contributed by atoms with Gasteiger partial charge in [0.2, 0.25) is 0 Å². The third kappa shape index (κ3) is 3.96. The summed E-state index contributed by atoms with van der Waals surface area (Å²) in [5, 5.41) is 9.05. The van der Waals surface area contributed by atoms with Gasteiger partial charge in [0.15, 0.2) is 11.6 Å². The van der Waals surface area contributed by atoms with Crippen molar-refractivity contribution >= 4 is 11.8 Å². The average molecular weight is 338 g/mol. The van der Waals surface area contributed by atoms with Gasteiger partial charge in [0.05, 0.1) is 18.8 Å². The summed E-state index contributed by atoms with van der Waals surface area (Å²) in [6.07, 6.45) is 2.56. The Morgan fingerprint density at radius 3 is 2.75 bits per heavy atom. The number of carbonyl (C=O) groups excluding carboxylic acids is 1. The maximum absolute atomic E-state index is 14.2. The second-order valence-electron chi connectivity index (χ2n) is 6.16. The van der Waals surface area contributed by atoms with Gasteiger partial charge < -0.3 is 14.6 Å². The predicted molar refractivity (Wildman–Crippen MR) is 86.9 cm³/mol. The summed E-state index contributed by atoms with van der Waals surface area (Å²) in [5.74, 6) is -0.326. The van der Waals surface area contributed by atoms with Crippen LogP contribution < -0.4 is 9.64 Å². The number of carbonyl (C=O) groups is 1. The lowest BCUT2D eigenvalue weighted by molar-refractivity contribution is 0.0963. The second-order valence-corrected chi connectivity index (χ2v) is 6.16. The number of hydrogen-bond acceptors (Lipinski definition) is 5. The van der Waals surface area contributed by atoms with Crippen molar-refractivity contribution in [3.8, 4) is 5.75 Å². The normalized spacial score (nSPS) is 21.8. The first-order valence-corrected chi connectivity index (χ1v) is 8.41. The van der Waals surface area contributed by atoms with Gasteiger partial charge in [-0.3, -0.25) is 9.80 Å². The number of aliphatic hydroxyl groups excluding tert-OH is 1. The van der Waals surface area contributed by atoms with Crippen LogP contribution in [0, 0.1) is 5.82 Å². The van der Waals surface area contributed by atoms with Crippen LogP contribution in [0.5, 0.6) is 5.75 Å². The summed E-state index contributed by atoms with van der Waals surface area (Å²) in [5.41, 5.74) is 0.400. The minimum atomic E-state index is -0.577. The van der Waals surface area contributed by atoms with Crippen molar-refractivity contribution in [2.75, 3.05) is 44.3 Å². The van der Waals surface area contributed by atoms with Gasteiger partial charge >= 0.3 is 6.09 Å². The predicted octanol–water partition coefficient (Wildman–Crippen LogP) is 2.01. The SMILES string of the molecule is O=C1O[C@@H](CO)CN1c1ccc(OCCN2CCCCC2)c(F)c1. The van der Waals surface area contributed by atoms with Gasteiger partial charge in [0, 0.05) is 12.6 Å².